The fourth-order valence-corrected chi connectivity index (χ4v) is 4.20. The molecule has 1 N–H and O–H groups in total. The van der Waals surface area contributed by atoms with Gasteiger partial charge in [0.2, 0.25) is 0 Å². The van der Waals surface area contributed by atoms with Crippen LogP contribution in [-0.4, -0.2) is 30.2 Å². The molecule has 1 unspecified atom stereocenters. The first-order chi connectivity index (χ1) is 13.1. The Bertz CT molecular complexity index is 963. The Kier molecular flexibility index (Phi) is 4.98. The summed E-state index contributed by atoms with van der Waals surface area (Å²) in [4.78, 5) is 17.1. The summed E-state index contributed by atoms with van der Waals surface area (Å²) in [7, 11) is 1.93. The number of amides is 1. The van der Waals surface area contributed by atoms with E-state index in [4.69, 9.17) is 0 Å². The van der Waals surface area contributed by atoms with Crippen LogP contribution in [0.25, 0.3) is 0 Å². The Morgan fingerprint density at radius 2 is 2.19 bits per heavy atom. The number of nitrogens with one attached hydrogen (secondary N) is 1. The molecule has 0 fully saturated rings. The van der Waals surface area contributed by atoms with Crippen LogP contribution in [0.15, 0.2) is 42.1 Å². The minimum atomic E-state index is -0.142. The number of hydrogen-bond donors (Lipinski definition) is 1. The van der Waals surface area contributed by atoms with Gasteiger partial charge in [-0.25, -0.2) is 4.98 Å². The molecule has 3 aromatic rings. The third kappa shape index (κ3) is 3.75. The van der Waals surface area contributed by atoms with E-state index in [-0.39, 0.29) is 11.2 Å². The highest BCUT2D eigenvalue weighted by atomic mass is 32.2. The van der Waals surface area contributed by atoms with Crippen LogP contribution < -0.4 is 5.32 Å². The molecular formula is C19H22N6OS. The van der Waals surface area contributed by atoms with Crippen molar-refractivity contribution in [2.45, 2.75) is 43.1 Å². The smallest absolute Gasteiger partial charge is 0.276 e. The molecule has 2 aromatic heterocycles. The van der Waals surface area contributed by atoms with Gasteiger partial charge in [-0.1, -0.05) is 23.9 Å². The van der Waals surface area contributed by atoms with Crippen LogP contribution in [0.5, 0.6) is 0 Å². The molecule has 0 bridgehead atoms. The first kappa shape index (κ1) is 17.8. The number of aromatic nitrogens is 5. The molecule has 0 aliphatic carbocycles. The molecule has 140 valence electrons. The number of nitrogens with zero attached hydrogens (tertiary/aromatic N) is 5. The van der Waals surface area contributed by atoms with Gasteiger partial charge in [-0.2, -0.15) is 0 Å². The highest BCUT2D eigenvalue weighted by Gasteiger charge is 2.20. The third-order valence-electron chi connectivity index (χ3n) is 4.79. The normalized spacial score (nSPS) is 14.6. The van der Waals surface area contributed by atoms with Crippen LogP contribution in [0.1, 0.15) is 46.8 Å². The molecule has 7 nitrogen and oxygen atoms in total. The Hall–Kier alpha value is -2.61. The van der Waals surface area contributed by atoms with Gasteiger partial charge >= 0.3 is 0 Å². The Balaban J connectivity index is 1.48. The van der Waals surface area contributed by atoms with Crippen LogP contribution in [0.4, 0.5) is 5.69 Å². The number of imidazole rings is 1. The SMILES string of the molecule is CC(Sc1nncn1C)c1cccc(NC(=O)c2ncn3c2CCCC3)c1. The Morgan fingerprint density at radius 3 is 3.00 bits per heavy atom. The minimum absolute atomic E-state index is 0.142. The predicted molar refractivity (Wildman–Crippen MR) is 105 cm³/mol. The summed E-state index contributed by atoms with van der Waals surface area (Å²) < 4.78 is 3.99. The molecule has 1 aliphatic rings. The van der Waals surface area contributed by atoms with E-state index in [1.54, 1.807) is 24.4 Å². The van der Waals surface area contributed by atoms with Crippen molar-refractivity contribution in [2.24, 2.45) is 7.05 Å². The van der Waals surface area contributed by atoms with Gasteiger partial charge in [0.15, 0.2) is 5.16 Å². The number of aryl methyl sites for hydroxylation is 2. The molecule has 1 amide bonds. The van der Waals surface area contributed by atoms with Crippen LogP contribution in [0.2, 0.25) is 0 Å². The molecule has 0 spiro atoms. The molecule has 3 heterocycles. The maximum absolute atomic E-state index is 12.7. The summed E-state index contributed by atoms with van der Waals surface area (Å²) >= 11 is 1.63. The third-order valence-corrected chi connectivity index (χ3v) is 6.00. The van der Waals surface area contributed by atoms with Gasteiger partial charge in [0.25, 0.3) is 5.91 Å². The molecule has 1 aromatic carbocycles. The average Bonchev–Trinajstić information content (AvgIpc) is 3.28. The van der Waals surface area contributed by atoms with Crippen molar-refractivity contribution in [1.29, 1.82) is 0 Å². The monoisotopic (exact) mass is 382 g/mol. The Morgan fingerprint density at radius 1 is 1.30 bits per heavy atom. The molecule has 1 aliphatic heterocycles. The van der Waals surface area contributed by atoms with Crippen molar-refractivity contribution < 1.29 is 4.79 Å². The zero-order valence-electron chi connectivity index (χ0n) is 15.4. The lowest BCUT2D eigenvalue weighted by atomic mass is 10.1. The maximum Gasteiger partial charge on any atom is 0.276 e. The van der Waals surface area contributed by atoms with Crippen molar-refractivity contribution in [2.75, 3.05) is 5.32 Å². The van der Waals surface area contributed by atoms with E-state index in [9.17, 15) is 4.79 Å². The number of rotatable bonds is 5. The van der Waals surface area contributed by atoms with Crippen LogP contribution in [0.3, 0.4) is 0 Å². The van der Waals surface area contributed by atoms with E-state index in [0.717, 1.165) is 47.9 Å². The summed E-state index contributed by atoms with van der Waals surface area (Å²) in [5, 5.41) is 12.1. The lowest BCUT2D eigenvalue weighted by molar-refractivity contribution is 0.102. The second-order valence-electron chi connectivity index (χ2n) is 6.75. The van der Waals surface area contributed by atoms with E-state index in [2.05, 4.69) is 38.1 Å². The van der Waals surface area contributed by atoms with Gasteiger partial charge in [0.1, 0.15) is 12.0 Å². The topological polar surface area (TPSA) is 77.6 Å². The molecule has 0 saturated carbocycles. The largest absolute Gasteiger partial charge is 0.334 e. The zero-order valence-corrected chi connectivity index (χ0v) is 16.2. The summed E-state index contributed by atoms with van der Waals surface area (Å²) in [5.41, 5.74) is 3.48. The van der Waals surface area contributed by atoms with Gasteiger partial charge in [0.05, 0.1) is 12.0 Å². The average molecular weight is 382 g/mol. The number of thioether (sulfide) groups is 1. The van der Waals surface area contributed by atoms with Crippen LogP contribution in [-0.2, 0) is 20.0 Å². The van der Waals surface area contributed by atoms with Crippen molar-refractivity contribution in [3.8, 4) is 0 Å². The van der Waals surface area contributed by atoms with Gasteiger partial charge in [-0.3, -0.25) is 4.79 Å². The number of carbonyl (C=O) groups excluding carboxylic acids is 1. The molecular weight excluding hydrogens is 360 g/mol. The van der Waals surface area contributed by atoms with E-state index in [1.165, 1.54) is 0 Å². The molecule has 1 atom stereocenters. The summed E-state index contributed by atoms with van der Waals surface area (Å²) in [6.45, 7) is 3.06. The number of benzene rings is 1. The van der Waals surface area contributed by atoms with Crippen molar-refractivity contribution in [3.63, 3.8) is 0 Å². The highest BCUT2D eigenvalue weighted by Crippen LogP contribution is 2.34. The van der Waals surface area contributed by atoms with Crippen LogP contribution in [0, 0.1) is 0 Å². The summed E-state index contributed by atoms with van der Waals surface area (Å²) in [6, 6.07) is 7.93. The first-order valence-electron chi connectivity index (χ1n) is 9.08. The number of fused-ring (bicyclic) bond motifs is 1. The van der Waals surface area contributed by atoms with Crippen molar-refractivity contribution in [1.82, 2.24) is 24.3 Å². The van der Waals surface area contributed by atoms with E-state index >= 15 is 0 Å². The number of anilines is 1. The lowest BCUT2D eigenvalue weighted by Gasteiger charge is -2.15. The summed E-state index contributed by atoms with van der Waals surface area (Å²) in [6.07, 6.45) is 6.64. The lowest BCUT2D eigenvalue weighted by Crippen LogP contribution is -2.17. The standard InChI is InChI=1S/C19H22N6OS/c1-13(27-19-23-21-12-24(19)2)14-6-5-7-15(10-14)22-18(26)17-16-8-3-4-9-25(16)11-20-17/h5-7,10-13H,3-4,8-9H2,1-2H3,(H,22,26). The van der Waals surface area contributed by atoms with E-state index in [0.29, 0.717) is 5.69 Å². The molecule has 0 saturated heterocycles. The highest BCUT2D eigenvalue weighted by molar-refractivity contribution is 7.99. The number of carbonyl (C=O) groups is 1. The van der Waals surface area contributed by atoms with Gasteiger partial charge in [-0.05, 0) is 43.9 Å². The predicted octanol–water partition coefficient (Wildman–Crippen LogP) is 3.45. The molecule has 27 heavy (non-hydrogen) atoms. The summed E-state index contributed by atoms with van der Waals surface area (Å²) in [5.74, 6) is -0.142. The maximum atomic E-state index is 12.7. The molecule has 4 rings (SSSR count). The minimum Gasteiger partial charge on any atom is -0.334 e. The zero-order chi connectivity index (χ0) is 18.8. The quantitative estimate of drug-likeness (QED) is 0.684. The van der Waals surface area contributed by atoms with Crippen molar-refractivity contribution >= 4 is 23.4 Å². The van der Waals surface area contributed by atoms with E-state index in [1.807, 2.05) is 29.8 Å². The first-order valence-corrected chi connectivity index (χ1v) is 9.96. The fraction of sp³-hybridized carbons (Fsp3) is 0.368. The van der Waals surface area contributed by atoms with Crippen molar-refractivity contribution in [3.05, 3.63) is 53.9 Å². The van der Waals surface area contributed by atoms with Crippen LogP contribution >= 0.6 is 11.8 Å². The van der Waals surface area contributed by atoms with E-state index < -0.39 is 0 Å². The van der Waals surface area contributed by atoms with Gasteiger partial charge in [0, 0.05) is 24.5 Å². The number of hydrogen-bond acceptors (Lipinski definition) is 5. The van der Waals surface area contributed by atoms with Gasteiger partial charge in [-0.15, -0.1) is 10.2 Å². The second kappa shape index (κ2) is 7.56. The Labute approximate surface area is 162 Å². The molecule has 8 heteroatoms. The van der Waals surface area contributed by atoms with Gasteiger partial charge < -0.3 is 14.5 Å². The fourth-order valence-electron chi connectivity index (χ4n) is 3.29. The second-order valence-corrected chi connectivity index (χ2v) is 8.06. The molecule has 0 radical (unpaired) electrons.